The van der Waals surface area contributed by atoms with Crippen molar-refractivity contribution < 1.29 is 0 Å². The lowest BCUT2D eigenvalue weighted by Crippen LogP contribution is -2.16. The second kappa shape index (κ2) is 27.6. The average Bonchev–Trinajstić information content (AvgIpc) is 1.57. The zero-order valence-electron chi connectivity index (χ0n) is 63.0. The topological polar surface area (TPSA) is 64.5 Å². The van der Waals surface area contributed by atoms with Crippen molar-refractivity contribution in [2.24, 2.45) is 0 Å². The van der Waals surface area contributed by atoms with E-state index in [2.05, 4.69) is 385 Å². The van der Waals surface area contributed by atoms with E-state index in [0.29, 0.717) is 0 Å². The fourth-order valence-electron chi connectivity index (χ4n) is 17.9. The van der Waals surface area contributed by atoms with Gasteiger partial charge in [-0.1, -0.05) is 321 Å². The van der Waals surface area contributed by atoms with Crippen LogP contribution in [0.3, 0.4) is 0 Å². The van der Waals surface area contributed by atoms with Crippen molar-refractivity contribution in [2.45, 2.75) is 57.8 Å². The first kappa shape index (κ1) is 68.0. The van der Waals surface area contributed by atoms with Gasteiger partial charge in [0.2, 0.25) is 0 Å². The van der Waals surface area contributed by atoms with E-state index >= 15 is 0 Å². The molecule has 5 heteroatoms. The first-order chi connectivity index (χ1) is 54.3. The summed E-state index contributed by atoms with van der Waals surface area (Å²) in [6, 6.07) is 126. The predicted octanol–water partition coefficient (Wildman–Crippen LogP) is 27.4. The molecule has 0 amide bonds. The monoisotopic (exact) mass is 1420 g/mol. The number of hydrogen-bond donors (Lipinski definition) is 0. The number of aromatic nitrogens is 5. The molecule has 13 aromatic carbocycles. The smallest absolute Gasteiger partial charge is 0.0759 e. The highest BCUT2D eigenvalue weighted by molar-refractivity contribution is 6.06. The summed E-state index contributed by atoms with van der Waals surface area (Å²) in [7, 11) is 0. The Bertz CT molecular complexity index is 6030. The first-order valence-electron chi connectivity index (χ1n) is 38.4. The summed E-state index contributed by atoms with van der Waals surface area (Å²) in [4.78, 5) is 24.5. The number of pyridine rings is 5. The van der Waals surface area contributed by atoms with Gasteiger partial charge in [-0.25, -0.2) is 15.0 Å². The molecule has 3 aliphatic carbocycles. The molecule has 0 radical (unpaired) electrons. The quantitative estimate of drug-likeness (QED) is 0.144. The third-order valence-corrected chi connectivity index (χ3v) is 23.2. The zero-order chi connectivity index (χ0) is 75.0. The van der Waals surface area contributed by atoms with Gasteiger partial charge in [-0.2, -0.15) is 0 Å². The Balaban J connectivity index is 0.000000112. The van der Waals surface area contributed by atoms with E-state index in [4.69, 9.17) is 15.0 Å². The van der Waals surface area contributed by atoms with Crippen LogP contribution in [0.1, 0.15) is 74.9 Å². The Morgan fingerprint density at radius 1 is 0.216 bits per heavy atom. The standard InChI is InChI=1S/C36H27N.2C35H26N2/c1-36(2)31-20-8-6-18-29(31)35-34(36)33(30-19-7-9-21-32(30)37-35)28-17-11-16-27(23-28)26-15-10-14-25(22-26)24-12-4-3-5-13-24;1-35(2)30-17-5-3-15-28(30)34-33(35)32(29-16-4-6-18-31(29)37-34)26-13-8-11-24(21-26)23-10-7-12-25(20-23)27-14-9-19-36-22-27;1-35(2)29-17-5-3-15-27(29)34-33(35)32(28-16-4-6-19-31(28)37-34)26-14-10-12-24(22-26)23-11-9-13-25(21-23)30-18-7-8-20-36-30/h3-23H,1-2H3;2*3-22H,1-2H3. The van der Waals surface area contributed by atoms with Crippen molar-refractivity contribution >= 4 is 32.7 Å². The summed E-state index contributed by atoms with van der Waals surface area (Å²) in [6.07, 6.45) is 5.58. The molecule has 0 saturated heterocycles. The van der Waals surface area contributed by atoms with Crippen molar-refractivity contribution in [2.75, 3.05) is 0 Å². The van der Waals surface area contributed by atoms with E-state index in [0.717, 1.165) is 50.5 Å². The van der Waals surface area contributed by atoms with E-state index in [1.807, 2.05) is 36.8 Å². The molecule has 0 N–H and O–H groups in total. The van der Waals surface area contributed by atoms with Gasteiger partial charge in [0, 0.05) is 78.8 Å². The lowest BCUT2D eigenvalue weighted by molar-refractivity contribution is 0.661. The average molecular weight is 1420 g/mol. The van der Waals surface area contributed by atoms with Crippen LogP contribution in [0.2, 0.25) is 0 Å². The van der Waals surface area contributed by atoms with Crippen LogP contribution in [0.15, 0.2) is 370 Å². The lowest BCUT2D eigenvalue weighted by Gasteiger charge is -2.25. The molecule has 5 nitrogen and oxygen atoms in total. The highest BCUT2D eigenvalue weighted by Gasteiger charge is 2.43. The molecule has 0 spiro atoms. The van der Waals surface area contributed by atoms with Crippen LogP contribution in [-0.2, 0) is 16.2 Å². The Morgan fingerprint density at radius 3 is 0.874 bits per heavy atom. The number of fused-ring (bicyclic) bond motifs is 12. The highest BCUT2D eigenvalue weighted by Crippen LogP contribution is 2.57. The largest absolute Gasteiger partial charge is 0.264 e. The SMILES string of the molecule is CC1(C)c2ccccc2-c2nc3ccccc3c(-c3cccc(-c4cccc(-c5ccccc5)c4)c3)c21.CC1(C)c2ccccc2-c2nc3ccccc3c(-c3cccc(-c4cccc(-c5ccccn5)c4)c3)c21.CC1(C)c2ccccc2-c2nc3ccccc3c(-c3cccc(-c4cccc(-c5cccnc5)c4)c3)c21. The molecule has 5 aromatic heterocycles. The maximum Gasteiger partial charge on any atom is 0.0759 e. The number of para-hydroxylation sites is 3. The molecule has 0 atom stereocenters. The fourth-order valence-corrected chi connectivity index (χ4v) is 17.9. The van der Waals surface area contributed by atoms with E-state index in [1.165, 1.54) is 150 Å². The molecule has 21 rings (SSSR count). The Labute approximate surface area is 649 Å². The molecule has 528 valence electrons. The van der Waals surface area contributed by atoms with Crippen LogP contribution >= 0.6 is 0 Å². The third kappa shape index (κ3) is 11.9. The molecule has 3 aliphatic rings. The fraction of sp³-hybridized carbons (Fsp3) is 0.0849. The highest BCUT2D eigenvalue weighted by atomic mass is 14.8. The van der Waals surface area contributed by atoms with Gasteiger partial charge in [0.15, 0.2) is 0 Å². The van der Waals surface area contributed by atoms with Crippen molar-refractivity contribution in [1.82, 2.24) is 24.9 Å². The van der Waals surface area contributed by atoms with Crippen LogP contribution in [0, 0.1) is 0 Å². The Morgan fingerprint density at radius 2 is 0.505 bits per heavy atom. The predicted molar refractivity (Wildman–Crippen MR) is 462 cm³/mol. The van der Waals surface area contributed by atoms with Crippen molar-refractivity contribution in [3.05, 3.63) is 404 Å². The van der Waals surface area contributed by atoms with Crippen molar-refractivity contribution in [3.63, 3.8) is 0 Å². The minimum atomic E-state index is -0.146. The molecule has 0 aliphatic heterocycles. The van der Waals surface area contributed by atoms with E-state index < -0.39 is 0 Å². The number of rotatable bonds is 9. The summed E-state index contributed by atoms with van der Waals surface area (Å²) in [6.45, 7) is 14.0. The molecule has 0 saturated carbocycles. The van der Waals surface area contributed by atoms with Gasteiger partial charge in [-0.3, -0.25) is 9.97 Å². The maximum absolute atomic E-state index is 5.20. The summed E-state index contributed by atoms with van der Waals surface area (Å²) in [5.74, 6) is 0. The van der Waals surface area contributed by atoms with E-state index in [-0.39, 0.29) is 16.2 Å². The van der Waals surface area contributed by atoms with Crippen molar-refractivity contribution in [3.8, 4) is 134 Å². The second-order valence-electron chi connectivity index (χ2n) is 31.0. The molecular weight excluding hydrogens is 1340 g/mol. The van der Waals surface area contributed by atoms with Gasteiger partial charge in [-0.05, 0) is 190 Å². The van der Waals surface area contributed by atoms with Gasteiger partial charge in [-0.15, -0.1) is 0 Å². The van der Waals surface area contributed by atoms with Crippen LogP contribution < -0.4 is 0 Å². The van der Waals surface area contributed by atoms with Gasteiger partial charge in [0.05, 0.1) is 39.3 Å². The second-order valence-corrected chi connectivity index (χ2v) is 31.0. The molecule has 0 fully saturated rings. The minimum Gasteiger partial charge on any atom is -0.264 e. The zero-order valence-corrected chi connectivity index (χ0v) is 63.0. The number of nitrogens with zero attached hydrogens (tertiary/aromatic N) is 5. The molecule has 111 heavy (non-hydrogen) atoms. The summed E-state index contributed by atoms with van der Waals surface area (Å²) < 4.78 is 0. The van der Waals surface area contributed by atoms with E-state index in [9.17, 15) is 0 Å². The third-order valence-electron chi connectivity index (χ3n) is 23.2. The molecule has 5 heterocycles. The number of benzene rings is 13. The van der Waals surface area contributed by atoms with Crippen LogP contribution in [0.4, 0.5) is 0 Å². The summed E-state index contributed by atoms with van der Waals surface area (Å²) in [5, 5.41) is 3.60. The lowest BCUT2D eigenvalue weighted by atomic mass is 9.78. The van der Waals surface area contributed by atoms with Crippen LogP contribution in [0.5, 0.6) is 0 Å². The van der Waals surface area contributed by atoms with Gasteiger partial charge in [0.25, 0.3) is 0 Å². The minimum absolute atomic E-state index is 0.137. The maximum atomic E-state index is 5.20. The van der Waals surface area contributed by atoms with Gasteiger partial charge >= 0.3 is 0 Å². The Kier molecular flexibility index (Phi) is 16.9. The van der Waals surface area contributed by atoms with E-state index in [1.54, 1.807) is 0 Å². The molecular formula is C106H79N5. The normalized spacial score (nSPS) is 13.4. The Hall–Kier alpha value is -13.6. The summed E-state index contributed by atoms with van der Waals surface area (Å²) in [5.41, 5.74) is 39.4. The molecule has 18 aromatic rings. The van der Waals surface area contributed by atoms with Gasteiger partial charge in [0.1, 0.15) is 0 Å². The first-order valence-corrected chi connectivity index (χ1v) is 38.4. The van der Waals surface area contributed by atoms with Crippen molar-refractivity contribution in [1.29, 1.82) is 0 Å². The molecule has 0 bridgehead atoms. The van der Waals surface area contributed by atoms with Crippen LogP contribution in [0.25, 0.3) is 167 Å². The summed E-state index contributed by atoms with van der Waals surface area (Å²) >= 11 is 0. The van der Waals surface area contributed by atoms with Gasteiger partial charge < -0.3 is 0 Å². The number of hydrogen-bond acceptors (Lipinski definition) is 5. The molecule has 0 unspecified atom stereocenters. The van der Waals surface area contributed by atoms with Crippen LogP contribution in [-0.4, -0.2) is 24.9 Å².